The summed E-state index contributed by atoms with van der Waals surface area (Å²) < 4.78 is 5.55. The second-order valence-corrected chi connectivity index (χ2v) is 13.9. The lowest BCUT2D eigenvalue weighted by Crippen LogP contribution is -2.59. The molecule has 1 aromatic carbocycles. The van der Waals surface area contributed by atoms with E-state index in [0.29, 0.717) is 23.6 Å². The quantitative estimate of drug-likeness (QED) is 0.0860. The number of aromatic nitrogens is 3. The predicted octanol–water partition coefficient (Wildman–Crippen LogP) is 2.28. The third kappa shape index (κ3) is 13.1. The molecule has 284 valence electrons. The minimum Gasteiger partial charge on any atom is -0.484 e. The topological polar surface area (TPSA) is 208 Å². The number of nitrogens with zero attached hydrogens (tertiary/aromatic N) is 2. The van der Waals surface area contributed by atoms with Gasteiger partial charge in [0.15, 0.2) is 6.61 Å². The second-order valence-electron chi connectivity index (χ2n) is 13.9. The molecule has 0 fully saturated rings. The molecular weight excluding hydrogens is 666 g/mol. The summed E-state index contributed by atoms with van der Waals surface area (Å²) in [4.78, 5) is 65.0. The molecule has 3 rings (SSSR count). The number of carbonyl (C=O) groups is 4. The zero-order valence-corrected chi connectivity index (χ0v) is 30.9. The number of carbonyl (C=O) groups excluding carboxylic acids is 4. The van der Waals surface area contributed by atoms with Crippen LogP contribution in [0.5, 0.6) is 5.75 Å². The van der Waals surface area contributed by atoms with Crippen LogP contribution in [0.2, 0.25) is 0 Å². The molecule has 2 aromatic heterocycles. The number of aliphatic hydroxyl groups is 2. The highest BCUT2D eigenvalue weighted by atomic mass is 16.5. The lowest BCUT2D eigenvalue weighted by atomic mass is 9.82. The van der Waals surface area contributed by atoms with Crippen LogP contribution in [-0.2, 0) is 32.1 Å². The summed E-state index contributed by atoms with van der Waals surface area (Å²) in [6, 6.07) is 11.2. The summed E-state index contributed by atoms with van der Waals surface area (Å²) in [7, 11) is 0. The number of aliphatic hydroxyl groups excluding tert-OH is 2. The van der Waals surface area contributed by atoms with E-state index < -0.39 is 65.8 Å². The van der Waals surface area contributed by atoms with Gasteiger partial charge in [0.2, 0.25) is 17.7 Å². The van der Waals surface area contributed by atoms with Crippen molar-refractivity contribution < 1.29 is 34.1 Å². The highest BCUT2D eigenvalue weighted by Gasteiger charge is 2.41. The molecule has 0 aliphatic heterocycles. The number of pyridine rings is 1. The SMILES string of the molecule is CC[C@H](C)[C@H](NC(=O)[C@H](C(C)C)[C@H](O)[C@H](O)[C@H](CC(C)C)NC(=O)[C@H](Cc1cnc[nH]1)NC(=O)COc1ccccc1)C(=O)NCc1ccccn1. The van der Waals surface area contributed by atoms with Gasteiger partial charge in [-0.25, -0.2) is 4.98 Å². The van der Waals surface area contributed by atoms with E-state index in [1.54, 1.807) is 56.4 Å². The fraction of sp³-hybridized carbons (Fsp3) is 0.526. The van der Waals surface area contributed by atoms with Gasteiger partial charge < -0.3 is 41.2 Å². The lowest BCUT2D eigenvalue weighted by Gasteiger charge is -2.35. The van der Waals surface area contributed by atoms with Gasteiger partial charge in [0.1, 0.15) is 23.9 Å². The van der Waals surface area contributed by atoms with Crippen LogP contribution in [0.3, 0.4) is 0 Å². The third-order valence-electron chi connectivity index (χ3n) is 8.91. The van der Waals surface area contributed by atoms with Crippen molar-refractivity contribution in [3.63, 3.8) is 0 Å². The van der Waals surface area contributed by atoms with E-state index in [-0.39, 0.29) is 37.8 Å². The van der Waals surface area contributed by atoms with Crippen LogP contribution in [-0.4, -0.2) is 85.7 Å². The zero-order valence-electron chi connectivity index (χ0n) is 30.9. The summed E-state index contributed by atoms with van der Waals surface area (Å²) in [6.07, 6.45) is 2.34. The van der Waals surface area contributed by atoms with Crippen molar-refractivity contribution in [2.75, 3.05) is 6.61 Å². The van der Waals surface area contributed by atoms with Crippen molar-refractivity contribution >= 4 is 23.6 Å². The van der Waals surface area contributed by atoms with Crippen molar-refractivity contribution in [2.24, 2.45) is 23.7 Å². The van der Waals surface area contributed by atoms with Gasteiger partial charge in [-0.1, -0.05) is 72.2 Å². The number of para-hydroxylation sites is 1. The summed E-state index contributed by atoms with van der Waals surface area (Å²) in [5, 5.41) is 34.4. The minimum absolute atomic E-state index is 0.0315. The number of benzene rings is 1. The fourth-order valence-corrected chi connectivity index (χ4v) is 5.85. The van der Waals surface area contributed by atoms with Crippen molar-refractivity contribution in [3.8, 4) is 5.75 Å². The monoisotopic (exact) mass is 721 g/mol. The fourth-order valence-electron chi connectivity index (χ4n) is 5.85. The van der Waals surface area contributed by atoms with E-state index in [2.05, 4.69) is 36.2 Å². The molecule has 0 unspecified atom stereocenters. The minimum atomic E-state index is -1.61. The first-order chi connectivity index (χ1) is 24.8. The summed E-state index contributed by atoms with van der Waals surface area (Å²) in [5.74, 6) is -3.50. The Bertz CT molecular complexity index is 1520. The Morgan fingerprint density at radius 1 is 0.865 bits per heavy atom. The van der Waals surface area contributed by atoms with Crippen molar-refractivity contribution in [1.82, 2.24) is 36.2 Å². The summed E-state index contributed by atoms with van der Waals surface area (Å²) >= 11 is 0. The molecule has 0 aliphatic carbocycles. The molecule has 2 heterocycles. The molecule has 0 saturated heterocycles. The first-order valence-electron chi connectivity index (χ1n) is 17.9. The molecule has 0 bridgehead atoms. The molecule has 0 saturated carbocycles. The van der Waals surface area contributed by atoms with E-state index in [4.69, 9.17) is 4.74 Å². The van der Waals surface area contributed by atoms with Crippen LogP contribution >= 0.6 is 0 Å². The van der Waals surface area contributed by atoms with Crippen molar-refractivity contribution in [1.29, 1.82) is 0 Å². The molecule has 14 heteroatoms. The standard InChI is InChI=1S/C38H55N7O7/c1-7-25(6)33(38(51)41-20-26-13-11-12-16-40-26)45-37(50)32(24(4)5)35(48)34(47)29(17-23(2)3)44-36(49)30(18-27-19-39-22-42-27)43-31(46)21-52-28-14-9-8-10-15-28/h8-16,19,22-25,29-30,32-35,47-48H,7,17-18,20-21H2,1-6H3,(H,39,42)(H,41,51)(H,43,46)(H,44,49)(H,45,50)/t25-,29-,30-,32+,33-,34+,35-/m0/s1. The molecule has 14 nitrogen and oxygen atoms in total. The molecule has 3 aromatic rings. The normalized spacial score (nSPS) is 15.4. The third-order valence-corrected chi connectivity index (χ3v) is 8.91. The predicted molar refractivity (Wildman–Crippen MR) is 195 cm³/mol. The number of rotatable bonds is 21. The number of nitrogens with one attached hydrogen (secondary N) is 5. The smallest absolute Gasteiger partial charge is 0.258 e. The largest absolute Gasteiger partial charge is 0.484 e. The Kier molecular flexibility index (Phi) is 16.7. The van der Waals surface area contributed by atoms with Gasteiger partial charge >= 0.3 is 0 Å². The van der Waals surface area contributed by atoms with Gasteiger partial charge in [0.05, 0.1) is 36.6 Å². The number of amides is 4. The first-order valence-corrected chi connectivity index (χ1v) is 17.9. The first kappa shape index (κ1) is 41.6. The number of ether oxygens (including phenoxy) is 1. The lowest BCUT2D eigenvalue weighted by molar-refractivity contribution is -0.141. The van der Waals surface area contributed by atoms with E-state index in [9.17, 15) is 29.4 Å². The number of hydrogen-bond donors (Lipinski definition) is 7. The van der Waals surface area contributed by atoms with Gasteiger partial charge in [0.25, 0.3) is 5.91 Å². The molecular formula is C38H55N7O7. The van der Waals surface area contributed by atoms with Crippen LogP contribution in [0, 0.1) is 23.7 Å². The van der Waals surface area contributed by atoms with E-state index >= 15 is 0 Å². The molecule has 0 radical (unpaired) electrons. The average molecular weight is 722 g/mol. The van der Waals surface area contributed by atoms with Crippen molar-refractivity contribution in [3.05, 3.63) is 78.6 Å². The van der Waals surface area contributed by atoms with Crippen LogP contribution in [0.15, 0.2) is 67.3 Å². The Morgan fingerprint density at radius 3 is 2.17 bits per heavy atom. The maximum absolute atomic E-state index is 13.8. The Labute approximate surface area is 306 Å². The van der Waals surface area contributed by atoms with Gasteiger partial charge in [-0.15, -0.1) is 0 Å². The highest BCUT2D eigenvalue weighted by Crippen LogP contribution is 2.24. The van der Waals surface area contributed by atoms with Crippen LogP contribution in [0.25, 0.3) is 0 Å². The molecule has 4 amide bonds. The Hall–Kier alpha value is -4.82. The summed E-state index contributed by atoms with van der Waals surface area (Å²) in [5.41, 5.74) is 1.25. The highest BCUT2D eigenvalue weighted by molar-refractivity contribution is 5.89. The van der Waals surface area contributed by atoms with Gasteiger partial charge in [-0.2, -0.15) is 0 Å². The number of aromatic amines is 1. The number of hydrogen-bond acceptors (Lipinski definition) is 9. The van der Waals surface area contributed by atoms with Gasteiger partial charge in [-0.05, 0) is 48.4 Å². The van der Waals surface area contributed by atoms with Gasteiger partial charge in [-0.3, -0.25) is 24.2 Å². The summed E-state index contributed by atoms with van der Waals surface area (Å²) in [6.45, 7) is 10.9. The molecule has 52 heavy (non-hydrogen) atoms. The Balaban J connectivity index is 1.76. The Morgan fingerprint density at radius 2 is 1.58 bits per heavy atom. The van der Waals surface area contributed by atoms with Crippen LogP contribution < -0.4 is 26.0 Å². The number of imidazole rings is 1. The maximum Gasteiger partial charge on any atom is 0.258 e. The maximum atomic E-state index is 13.8. The molecule has 0 spiro atoms. The van der Waals surface area contributed by atoms with Crippen LogP contribution in [0.1, 0.15) is 65.8 Å². The second kappa shape index (κ2) is 20.9. The van der Waals surface area contributed by atoms with E-state index in [1.165, 1.54) is 12.5 Å². The number of H-pyrrole nitrogens is 1. The average Bonchev–Trinajstić information content (AvgIpc) is 3.64. The van der Waals surface area contributed by atoms with Gasteiger partial charge in [0, 0.05) is 24.5 Å². The molecule has 7 N–H and O–H groups in total. The van der Waals surface area contributed by atoms with E-state index in [1.807, 2.05) is 39.8 Å². The zero-order chi connectivity index (χ0) is 38.2. The molecule has 0 aliphatic rings. The van der Waals surface area contributed by atoms with Crippen LogP contribution in [0.4, 0.5) is 0 Å². The molecule has 7 atom stereocenters. The van der Waals surface area contributed by atoms with Crippen molar-refractivity contribution in [2.45, 2.75) is 97.7 Å². The van der Waals surface area contributed by atoms with E-state index in [0.717, 1.165) is 0 Å².